The van der Waals surface area contributed by atoms with Gasteiger partial charge in [-0.3, -0.25) is 9.78 Å². The number of aromatic nitrogens is 3. The minimum absolute atomic E-state index is 0.0996. The van der Waals surface area contributed by atoms with E-state index in [1.165, 1.54) is 4.68 Å². The molecule has 2 heterocycles. The molecule has 18 heavy (non-hydrogen) atoms. The summed E-state index contributed by atoms with van der Waals surface area (Å²) in [7, 11) is 3.77. The third kappa shape index (κ3) is 2.56. The molecule has 0 aliphatic rings. The molecular formula is C13H16N4O. The molecule has 0 amide bonds. The zero-order valence-corrected chi connectivity index (χ0v) is 10.8. The van der Waals surface area contributed by atoms with Crippen molar-refractivity contribution in [2.45, 2.75) is 13.5 Å². The first-order valence-electron chi connectivity index (χ1n) is 5.72. The van der Waals surface area contributed by atoms with Crippen LogP contribution >= 0.6 is 0 Å². The van der Waals surface area contributed by atoms with Crippen molar-refractivity contribution in [2.75, 3.05) is 19.0 Å². The molecule has 2 aromatic heterocycles. The molecule has 0 atom stereocenters. The Morgan fingerprint density at radius 3 is 2.72 bits per heavy atom. The summed E-state index contributed by atoms with van der Waals surface area (Å²) in [6, 6.07) is 3.49. The van der Waals surface area contributed by atoms with Crippen molar-refractivity contribution in [1.29, 1.82) is 0 Å². The van der Waals surface area contributed by atoms with Crippen LogP contribution in [0.5, 0.6) is 0 Å². The van der Waals surface area contributed by atoms with Crippen LogP contribution in [0.4, 0.5) is 5.69 Å². The fraction of sp³-hybridized carbons (Fsp3) is 0.308. The molecule has 2 rings (SSSR count). The Balaban J connectivity index is 2.31. The Bertz CT molecular complexity index is 604. The summed E-state index contributed by atoms with van der Waals surface area (Å²) in [6.07, 6.45) is 5.20. The lowest BCUT2D eigenvalue weighted by atomic mass is 10.1. The van der Waals surface area contributed by atoms with Gasteiger partial charge in [-0.15, -0.1) is 0 Å². The zero-order valence-electron chi connectivity index (χ0n) is 10.8. The van der Waals surface area contributed by atoms with Crippen molar-refractivity contribution in [3.63, 3.8) is 0 Å². The average Bonchev–Trinajstić information content (AvgIpc) is 2.34. The molecule has 0 aromatic carbocycles. The summed E-state index contributed by atoms with van der Waals surface area (Å²) in [6.45, 7) is 2.45. The van der Waals surface area contributed by atoms with Crippen LogP contribution in [-0.4, -0.2) is 28.9 Å². The smallest absolute Gasteiger partial charge is 0.269 e. The molecular weight excluding hydrogens is 228 g/mol. The van der Waals surface area contributed by atoms with Gasteiger partial charge in [0.25, 0.3) is 5.56 Å². The van der Waals surface area contributed by atoms with E-state index in [2.05, 4.69) is 10.1 Å². The minimum atomic E-state index is -0.0996. The maximum absolute atomic E-state index is 11.9. The molecule has 0 fully saturated rings. The Morgan fingerprint density at radius 2 is 2.11 bits per heavy atom. The van der Waals surface area contributed by atoms with E-state index in [9.17, 15) is 4.79 Å². The Labute approximate surface area is 106 Å². The Kier molecular flexibility index (Phi) is 3.41. The summed E-state index contributed by atoms with van der Waals surface area (Å²) < 4.78 is 1.45. The van der Waals surface area contributed by atoms with E-state index in [-0.39, 0.29) is 5.56 Å². The van der Waals surface area contributed by atoms with Gasteiger partial charge in [-0.25, -0.2) is 4.68 Å². The van der Waals surface area contributed by atoms with Gasteiger partial charge in [0.1, 0.15) is 0 Å². The maximum Gasteiger partial charge on any atom is 0.269 e. The lowest BCUT2D eigenvalue weighted by Crippen LogP contribution is -2.24. The number of aryl methyl sites for hydroxylation is 1. The van der Waals surface area contributed by atoms with Gasteiger partial charge in [0.2, 0.25) is 0 Å². The third-order valence-electron chi connectivity index (χ3n) is 2.83. The highest BCUT2D eigenvalue weighted by Gasteiger charge is 2.04. The third-order valence-corrected chi connectivity index (χ3v) is 2.83. The number of rotatable bonds is 3. The molecule has 0 bridgehead atoms. The van der Waals surface area contributed by atoms with Crippen LogP contribution < -0.4 is 10.5 Å². The van der Waals surface area contributed by atoms with Gasteiger partial charge in [0.05, 0.1) is 18.4 Å². The van der Waals surface area contributed by atoms with Gasteiger partial charge >= 0.3 is 0 Å². The number of hydrogen-bond donors (Lipinski definition) is 0. The zero-order chi connectivity index (χ0) is 13.1. The lowest BCUT2D eigenvalue weighted by Gasteiger charge is -2.12. The van der Waals surface area contributed by atoms with Gasteiger partial charge in [0, 0.05) is 32.6 Å². The van der Waals surface area contributed by atoms with E-state index in [1.54, 1.807) is 24.7 Å². The van der Waals surface area contributed by atoms with Gasteiger partial charge < -0.3 is 4.90 Å². The summed E-state index contributed by atoms with van der Waals surface area (Å²) >= 11 is 0. The molecule has 2 aromatic rings. The number of anilines is 1. The SMILES string of the molecule is Cc1cnccc1Cn1ncc(N(C)C)cc1=O. The van der Waals surface area contributed by atoms with Gasteiger partial charge in [-0.2, -0.15) is 5.10 Å². The van der Waals surface area contributed by atoms with E-state index in [0.29, 0.717) is 6.54 Å². The highest BCUT2D eigenvalue weighted by molar-refractivity contribution is 5.40. The highest BCUT2D eigenvalue weighted by atomic mass is 16.1. The van der Waals surface area contributed by atoms with Crippen molar-refractivity contribution in [1.82, 2.24) is 14.8 Å². The predicted molar refractivity (Wildman–Crippen MR) is 70.9 cm³/mol. The summed E-state index contributed by atoms with van der Waals surface area (Å²) in [5, 5.41) is 4.18. The van der Waals surface area contributed by atoms with Crippen LogP contribution in [0.2, 0.25) is 0 Å². The molecule has 0 aliphatic heterocycles. The molecule has 0 spiro atoms. The molecule has 94 valence electrons. The second kappa shape index (κ2) is 5.00. The molecule has 5 nitrogen and oxygen atoms in total. The van der Waals surface area contributed by atoms with E-state index in [0.717, 1.165) is 16.8 Å². The van der Waals surface area contributed by atoms with Gasteiger partial charge in [0.15, 0.2) is 0 Å². The van der Waals surface area contributed by atoms with E-state index in [1.807, 2.05) is 32.0 Å². The fourth-order valence-electron chi connectivity index (χ4n) is 1.63. The Morgan fingerprint density at radius 1 is 1.33 bits per heavy atom. The van der Waals surface area contributed by atoms with Crippen LogP contribution in [0.3, 0.4) is 0 Å². The minimum Gasteiger partial charge on any atom is -0.376 e. The van der Waals surface area contributed by atoms with E-state index >= 15 is 0 Å². The summed E-state index contributed by atoms with van der Waals surface area (Å²) in [5.41, 5.74) is 2.82. The van der Waals surface area contributed by atoms with Gasteiger partial charge in [-0.1, -0.05) is 0 Å². The van der Waals surface area contributed by atoms with Crippen LogP contribution in [0, 0.1) is 6.92 Å². The largest absolute Gasteiger partial charge is 0.376 e. The van der Waals surface area contributed by atoms with E-state index < -0.39 is 0 Å². The Hall–Kier alpha value is -2.17. The van der Waals surface area contributed by atoms with Crippen LogP contribution in [0.1, 0.15) is 11.1 Å². The van der Waals surface area contributed by atoms with E-state index in [4.69, 9.17) is 0 Å². The maximum atomic E-state index is 11.9. The first kappa shape index (κ1) is 12.3. The molecule has 5 heteroatoms. The highest BCUT2D eigenvalue weighted by Crippen LogP contribution is 2.07. The average molecular weight is 244 g/mol. The van der Waals surface area contributed by atoms with Crippen molar-refractivity contribution in [2.24, 2.45) is 0 Å². The normalized spacial score (nSPS) is 10.4. The van der Waals surface area contributed by atoms with Crippen LogP contribution in [0.25, 0.3) is 0 Å². The van der Waals surface area contributed by atoms with Crippen molar-refractivity contribution < 1.29 is 0 Å². The first-order valence-corrected chi connectivity index (χ1v) is 5.72. The molecule has 0 saturated carbocycles. The predicted octanol–water partition coefficient (Wildman–Crippen LogP) is 1.06. The van der Waals surface area contributed by atoms with Crippen molar-refractivity contribution >= 4 is 5.69 Å². The van der Waals surface area contributed by atoms with Crippen LogP contribution in [-0.2, 0) is 6.54 Å². The molecule has 0 radical (unpaired) electrons. The fourth-order valence-corrected chi connectivity index (χ4v) is 1.63. The van der Waals surface area contributed by atoms with Crippen molar-refractivity contribution in [3.8, 4) is 0 Å². The topological polar surface area (TPSA) is 51.0 Å². The van der Waals surface area contributed by atoms with Crippen LogP contribution in [0.15, 0.2) is 35.5 Å². The molecule has 0 aliphatic carbocycles. The molecule has 0 N–H and O–H groups in total. The first-order chi connectivity index (χ1) is 8.58. The molecule has 0 unspecified atom stereocenters. The monoisotopic (exact) mass is 244 g/mol. The second-order valence-electron chi connectivity index (χ2n) is 4.41. The standard InChI is InChI=1S/C13H16N4O/c1-10-7-14-5-4-11(10)9-17-13(18)6-12(8-15-17)16(2)3/h4-8H,9H2,1-3H3. The molecule has 0 saturated heterocycles. The summed E-state index contributed by atoms with van der Waals surface area (Å²) in [5.74, 6) is 0. The second-order valence-corrected chi connectivity index (χ2v) is 4.41. The number of nitrogens with zero attached hydrogens (tertiary/aromatic N) is 4. The number of pyridine rings is 1. The number of hydrogen-bond acceptors (Lipinski definition) is 4. The lowest BCUT2D eigenvalue weighted by molar-refractivity contribution is 0.635. The quantitative estimate of drug-likeness (QED) is 0.810. The summed E-state index contributed by atoms with van der Waals surface area (Å²) in [4.78, 5) is 17.8. The van der Waals surface area contributed by atoms with Crippen molar-refractivity contribution in [3.05, 3.63) is 52.2 Å². The van der Waals surface area contributed by atoms with Gasteiger partial charge in [-0.05, 0) is 24.1 Å².